The second-order valence-corrected chi connectivity index (χ2v) is 7.60. The average molecular weight is 377 g/mol. The molecule has 0 saturated heterocycles. The van der Waals surface area contributed by atoms with Crippen LogP contribution in [0.15, 0.2) is 54.6 Å². The van der Waals surface area contributed by atoms with Gasteiger partial charge in [0.2, 0.25) is 5.85 Å². The number of aryl methyl sites for hydroxylation is 1. The minimum Gasteiger partial charge on any atom is -0.428 e. The van der Waals surface area contributed by atoms with Crippen molar-refractivity contribution in [3.05, 3.63) is 65.7 Å². The van der Waals surface area contributed by atoms with E-state index in [1.807, 2.05) is 25.1 Å². The van der Waals surface area contributed by atoms with Gasteiger partial charge in [-0.25, -0.2) is 4.79 Å². The fourth-order valence-electron chi connectivity index (χ4n) is 2.35. The van der Waals surface area contributed by atoms with Crippen molar-refractivity contribution in [3.8, 4) is 0 Å². The van der Waals surface area contributed by atoms with Crippen molar-refractivity contribution in [1.29, 1.82) is 0 Å². The first-order valence-corrected chi connectivity index (χ1v) is 10.1. The van der Waals surface area contributed by atoms with Gasteiger partial charge in [-0.1, -0.05) is 48.0 Å². The number of hydrogen-bond donors (Lipinski definition) is 1. The molecule has 2 aromatic rings. The molecule has 1 unspecified atom stereocenters. The lowest BCUT2D eigenvalue weighted by Gasteiger charge is -2.26. The predicted molar refractivity (Wildman–Crippen MR) is 101 cm³/mol. The van der Waals surface area contributed by atoms with Crippen molar-refractivity contribution in [2.24, 2.45) is 0 Å². The van der Waals surface area contributed by atoms with Crippen molar-refractivity contribution >= 4 is 19.4 Å². The number of hydrogen-bond acceptors (Lipinski definition) is 5. The van der Waals surface area contributed by atoms with E-state index in [2.05, 4.69) is 5.32 Å². The smallest absolute Gasteiger partial charge is 0.412 e. The molecule has 0 saturated carbocycles. The van der Waals surface area contributed by atoms with Crippen LogP contribution in [0.5, 0.6) is 0 Å². The summed E-state index contributed by atoms with van der Waals surface area (Å²) in [5, 5.41) is 2.62. The summed E-state index contributed by atoms with van der Waals surface area (Å²) in [5.74, 6) is -1.16. The minimum absolute atomic E-state index is 0.170. The summed E-state index contributed by atoms with van der Waals surface area (Å²) >= 11 is 0. The fourth-order valence-corrected chi connectivity index (χ4v) is 4.18. The Morgan fingerprint density at radius 2 is 1.58 bits per heavy atom. The summed E-state index contributed by atoms with van der Waals surface area (Å²) in [4.78, 5) is 12.4. The molecule has 0 radical (unpaired) electrons. The summed E-state index contributed by atoms with van der Waals surface area (Å²) in [6.07, 6.45) is -0.735. The number of amides is 1. The van der Waals surface area contributed by atoms with E-state index in [4.69, 9.17) is 13.8 Å². The molecule has 2 rings (SSSR count). The van der Waals surface area contributed by atoms with Gasteiger partial charge < -0.3 is 13.8 Å². The fraction of sp³-hybridized carbons (Fsp3) is 0.316. The highest BCUT2D eigenvalue weighted by Crippen LogP contribution is 2.61. The first kappa shape index (κ1) is 20.2. The van der Waals surface area contributed by atoms with Crippen LogP contribution in [-0.4, -0.2) is 19.3 Å². The lowest BCUT2D eigenvalue weighted by atomic mass is 10.2. The second kappa shape index (κ2) is 9.53. The third-order valence-corrected chi connectivity index (χ3v) is 5.72. The molecule has 6 nitrogen and oxygen atoms in total. The van der Waals surface area contributed by atoms with Crippen LogP contribution >= 0.6 is 7.60 Å². The van der Waals surface area contributed by atoms with Gasteiger partial charge in [0, 0.05) is 11.3 Å². The molecule has 1 atom stereocenters. The zero-order valence-electron chi connectivity index (χ0n) is 15.2. The normalized spacial score (nSPS) is 12.4. The zero-order valence-corrected chi connectivity index (χ0v) is 16.1. The molecule has 2 aromatic carbocycles. The summed E-state index contributed by atoms with van der Waals surface area (Å²) in [7, 11) is -3.71. The third kappa shape index (κ3) is 5.43. The van der Waals surface area contributed by atoms with E-state index in [-0.39, 0.29) is 13.2 Å². The lowest BCUT2D eigenvalue weighted by Crippen LogP contribution is -2.19. The molecule has 0 aromatic heterocycles. The number of para-hydroxylation sites is 1. The molecule has 0 aliphatic heterocycles. The first-order valence-electron chi connectivity index (χ1n) is 8.46. The van der Waals surface area contributed by atoms with E-state index in [1.54, 1.807) is 50.2 Å². The highest BCUT2D eigenvalue weighted by atomic mass is 31.2. The van der Waals surface area contributed by atoms with Gasteiger partial charge in [0.25, 0.3) is 0 Å². The Kier molecular flexibility index (Phi) is 7.39. The monoisotopic (exact) mass is 377 g/mol. The number of benzene rings is 2. The Morgan fingerprint density at radius 3 is 2.12 bits per heavy atom. The quantitative estimate of drug-likeness (QED) is 0.614. The van der Waals surface area contributed by atoms with E-state index in [0.29, 0.717) is 11.3 Å². The Bertz CT molecular complexity index is 738. The van der Waals surface area contributed by atoms with Crippen LogP contribution < -0.4 is 5.32 Å². The maximum atomic E-state index is 13.2. The molecular weight excluding hydrogens is 353 g/mol. The summed E-state index contributed by atoms with van der Waals surface area (Å²) < 4.78 is 29.5. The molecule has 26 heavy (non-hydrogen) atoms. The molecule has 7 heteroatoms. The van der Waals surface area contributed by atoms with Gasteiger partial charge in [0.15, 0.2) is 0 Å². The lowest BCUT2D eigenvalue weighted by molar-refractivity contribution is 0.113. The number of nitrogens with one attached hydrogen (secondary N) is 1. The Hall–Kier alpha value is -2.14. The summed E-state index contributed by atoms with van der Waals surface area (Å²) in [5.41, 5.74) is 2.15. The van der Waals surface area contributed by atoms with Crippen LogP contribution in [0.3, 0.4) is 0 Å². The number of rotatable bonds is 8. The van der Waals surface area contributed by atoms with E-state index in [9.17, 15) is 9.36 Å². The minimum atomic E-state index is -3.71. The van der Waals surface area contributed by atoms with Crippen molar-refractivity contribution in [2.45, 2.75) is 26.6 Å². The van der Waals surface area contributed by atoms with Crippen LogP contribution in [0, 0.1) is 6.92 Å². The molecule has 1 amide bonds. The molecule has 0 bridgehead atoms. The third-order valence-electron chi connectivity index (χ3n) is 3.51. The summed E-state index contributed by atoms with van der Waals surface area (Å²) in [6, 6.07) is 16.1. The maximum Gasteiger partial charge on any atom is 0.412 e. The molecule has 0 aliphatic carbocycles. The number of ether oxygens (including phenoxy) is 1. The van der Waals surface area contributed by atoms with Crippen molar-refractivity contribution < 1.29 is 23.1 Å². The molecule has 0 heterocycles. The highest BCUT2D eigenvalue weighted by molar-refractivity contribution is 7.54. The van der Waals surface area contributed by atoms with Gasteiger partial charge in [0.05, 0.1) is 13.2 Å². The molecule has 0 fully saturated rings. The van der Waals surface area contributed by atoms with Gasteiger partial charge in [-0.3, -0.25) is 9.88 Å². The van der Waals surface area contributed by atoms with Gasteiger partial charge in [-0.15, -0.1) is 0 Å². The van der Waals surface area contributed by atoms with Crippen LogP contribution in [0.1, 0.15) is 30.8 Å². The topological polar surface area (TPSA) is 73.9 Å². The van der Waals surface area contributed by atoms with Crippen LogP contribution in [0.2, 0.25) is 0 Å². The van der Waals surface area contributed by atoms with Crippen LogP contribution in [-0.2, 0) is 18.3 Å². The second-order valence-electron chi connectivity index (χ2n) is 5.53. The van der Waals surface area contributed by atoms with Gasteiger partial charge >= 0.3 is 13.7 Å². The average Bonchev–Trinajstić information content (AvgIpc) is 2.62. The van der Waals surface area contributed by atoms with Crippen molar-refractivity contribution in [2.75, 3.05) is 18.5 Å². The molecule has 0 spiro atoms. The van der Waals surface area contributed by atoms with E-state index in [1.165, 1.54) is 0 Å². The highest BCUT2D eigenvalue weighted by Gasteiger charge is 2.40. The van der Waals surface area contributed by atoms with E-state index in [0.717, 1.165) is 5.56 Å². The molecule has 140 valence electrons. The first-order chi connectivity index (χ1) is 12.5. The van der Waals surface area contributed by atoms with Gasteiger partial charge in [-0.05, 0) is 32.9 Å². The zero-order chi connectivity index (χ0) is 19.0. The van der Waals surface area contributed by atoms with Crippen molar-refractivity contribution in [1.82, 2.24) is 0 Å². The largest absolute Gasteiger partial charge is 0.428 e. The molecular formula is C19H24NO5P. The summed E-state index contributed by atoms with van der Waals surface area (Å²) in [6.45, 7) is 5.70. The van der Waals surface area contributed by atoms with Crippen LogP contribution in [0.25, 0.3) is 0 Å². The predicted octanol–water partition coefficient (Wildman–Crippen LogP) is 5.51. The SMILES string of the molecule is CCOP(=O)(OCC)C(OC(=O)Nc1ccccc1)c1ccc(C)cc1. The van der Waals surface area contributed by atoms with Gasteiger partial charge in [0.1, 0.15) is 0 Å². The Labute approximate surface area is 154 Å². The maximum absolute atomic E-state index is 13.2. The van der Waals surface area contributed by atoms with Crippen LogP contribution in [0.4, 0.5) is 10.5 Å². The number of anilines is 1. The standard InChI is InChI=1S/C19H24NO5P/c1-4-23-26(22,24-5-2)18(16-13-11-15(3)12-14-16)25-19(21)20-17-9-7-6-8-10-17/h6-14,18H,4-5H2,1-3H3,(H,20,21). The van der Waals surface area contributed by atoms with Crippen molar-refractivity contribution in [3.63, 3.8) is 0 Å². The molecule has 1 N–H and O–H groups in total. The molecule has 0 aliphatic rings. The number of carbonyl (C=O) groups is 1. The Morgan fingerprint density at radius 1 is 1.00 bits per heavy atom. The van der Waals surface area contributed by atoms with E-state index >= 15 is 0 Å². The number of carbonyl (C=O) groups excluding carboxylic acids is 1. The Balaban J connectivity index is 2.28. The van der Waals surface area contributed by atoms with Gasteiger partial charge in [-0.2, -0.15) is 0 Å². The van der Waals surface area contributed by atoms with E-state index < -0.39 is 19.5 Å².